The quantitative estimate of drug-likeness (QED) is 0.846. The summed E-state index contributed by atoms with van der Waals surface area (Å²) in [7, 11) is 0. The van der Waals surface area contributed by atoms with Crippen LogP contribution in [-0.4, -0.2) is 11.0 Å². The van der Waals surface area contributed by atoms with E-state index in [0.717, 1.165) is 0 Å². The van der Waals surface area contributed by atoms with Gasteiger partial charge >= 0.3 is 0 Å². The van der Waals surface area contributed by atoms with E-state index in [1.54, 1.807) is 6.07 Å². The maximum atomic E-state index is 13.7. The molecule has 0 fully saturated rings. The molecular formula is C14H11ClF2O. The summed E-state index contributed by atoms with van der Waals surface area (Å²) in [6.07, 6.45) is 0. The second-order valence-corrected chi connectivity index (χ2v) is 4.25. The van der Waals surface area contributed by atoms with E-state index < -0.39 is 17.2 Å². The van der Waals surface area contributed by atoms with Crippen LogP contribution in [0.3, 0.4) is 0 Å². The molecule has 1 nitrogen and oxygen atoms in total. The lowest BCUT2D eigenvalue weighted by atomic mass is 9.88. The molecule has 0 aliphatic carbocycles. The fourth-order valence-electron chi connectivity index (χ4n) is 1.83. The summed E-state index contributed by atoms with van der Waals surface area (Å²) in [5.41, 5.74) is -1.24. The Morgan fingerprint density at radius 2 is 1.61 bits per heavy atom. The van der Waals surface area contributed by atoms with Gasteiger partial charge in [0.05, 0.1) is 5.88 Å². The molecule has 18 heavy (non-hydrogen) atoms. The van der Waals surface area contributed by atoms with Gasteiger partial charge in [-0.2, -0.15) is 0 Å². The minimum absolute atomic E-state index is 0.0756. The minimum Gasteiger partial charge on any atom is -0.379 e. The molecule has 1 N–H and O–H groups in total. The van der Waals surface area contributed by atoms with E-state index in [1.165, 1.54) is 42.5 Å². The average Bonchev–Trinajstić information content (AvgIpc) is 2.39. The van der Waals surface area contributed by atoms with Gasteiger partial charge in [0.25, 0.3) is 0 Å². The van der Waals surface area contributed by atoms with Crippen molar-refractivity contribution in [2.45, 2.75) is 5.60 Å². The zero-order valence-corrected chi connectivity index (χ0v) is 10.2. The van der Waals surface area contributed by atoms with Crippen LogP contribution in [0.25, 0.3) is 0 Å². The number of hydrogen-bond acceptors (Lipinski definition) is 1. The fourth-order valence-corrected chi connectivity index (χ4v) is 2.13. The molecule has 0 radical (unpaired) electrons. The van der Waals surface area contributed by atoms with E-state index in [-0.39, 0.29) is 11.4 Å². The number of halogens is 3. The van der Waals surface area contributed by atoms with Gasteiger partial charge < -0.3 is 5.11 Å². The van der Waals surface area contributed by atoms with Gasteiger partial charge in [0.2, 0.25) is 0 Å². The number of rotatable bonds is 3. The van der Waals surface area contributed by atoms with Crippen LogP contribution in [0.4, 0.5) is 8.78 Å². The molecule has 2 aromatic rings. The third-order valence-corrected chi connectivity index (χ3v) is 3.22. The Labute approximate surface area is 109 Å². The van der Waals surface area contributed by atoms with Crippen molar-refractivity contribution in [3.8, 4) is 0 Å². The highest BCUT2D eigenvalue weighted by atomic mass is 35.5. The number of hydrogen-bond donors (Lipinski definition) is 1. The minimum atomic E-state index is -1.67. The first kappa shape index (κ1) is 13.0. The molecule has 2 rings (SSSR count). The molecule has 0 bridgehead atoms. The Balaban J connectivity index is 2.55. The largest absolute Gasteiger partial charge is 0.379 e. The van der Waals surface area contributed by atoms with Crippen molar-refractivity contribution >= 4 is 11.6 Å². The molecular weight excluding hydrogens is 258 g/mol. The molecule has 0 amide bonds. The van der Waals surface area contributed by atoms with Crippen LogP contribution >= 0.6 is 11.6 Å². The van der Waals surface area contributed by atoms with Gasteiger partial charge in [-0.3, -0.25) is 0 Å². The fraction of sp³-hybridized carbons (Fsp3) is 0.143. The molecule has 0 saturated carbocycles. The number of aliphatic hydroxyl groups is 1. The molecule has 0 aliphatic heterocycles. The van der Waals surface area contributed by atoms with Gasteiger partial charge in [-0.15, -0.1) is 11.6 Å². The zero-order chi connectivity index (χ0) is 13.2. The van der Waals surface area contributed by atoms with Gasteiger partial charge in [-0.05, 0) is 23.8 Å². The smallest absolute Gasteiger partial charge is 0.131 e. The summed E-state index contributed by atoms with van der Waals surface area (Å²) in [6, 6.07) is 11.0. The third-order valence-electron chi connectivity index (χ3n) is 2.83. The lowest BCUT2D eigenvalue weighted by molar-refractivity contribution is 0.102. The highest BCUT2D eigenvalue weighted by Crippen LogP contribution is 2.32. The van der Waals surface area contributed by atoms with Gasteiger partial charge in [0.1, 0.15) is 17.2 Å². The maximum absolute atomic E-state index is 13.7. The van der Waals surface area contributed by atoms with Crippen LogP contribution < -0.4 is 0 Å². The number of benzene rings is 2. The van der Waals surface area contributed by atoms with Gasteiger partial charge in [0, 0.05) is 5.56 Å². The molecule has 0 spiro atoms. The summed E-state index contributed by atoms with van der Waals surface area (Å²) >= 11 is 5.78. The molecule has 1 atom stereocenters. The van der Waals surface area contributed by atoms with Crippen LogP contribution in [0.5, 0.6) is 0 Å². The Bertz CT molecular complexity index is 542. The molecule has 0 heterocycles. The first-order valence-corrected chi connectivity index (χ1v) is 5.91. The van der Waals surface area contributed by atoms with E-state index in [2.05, 4.69) is 0 Å². The second kappa shape index (κ2) is 5.04. The molecule has 4 heteroatoms. The van der Waals surface area contributed by atoms with E-state index in [1.807, 2.05) is 0 Å². The lowest BCUT2D eigenvalue weighted by Gasteiger charge is -2.27. The highest BCUT2D eigenvalue weighted by Gasteiger charge is 2.33. The molecule has 0 aliphatic rings. The van der Waals surface area contributed by atoms with Crippen LogP contribution in [0, 0.1) is 11.6 Å². The van der Waals surface area contributed by atoms with Crippen molar-refractivity contribution in [1.82, 2.24) is 0 Å². The first-order chi connectivity index (χ1) is 8.58. The van der Waals surface area contributed by atoms with E-state index in [9.17, 15) is 13.9 Å². The van der Waals surface area contributed by atoms with Crippen LogP contribution in [-0.2, 0) is 5.60 Å². The van der Waals surface area contributed by atoms with Gasteiger partial charge in [0.15, 0.2) is 0 Å². The first-order valence-electron chi connectivity index (χ1n) is 5.37. The average molecular weight is 269 g/mol. The Morgan fingerprint density at radius 1 is 1.00 bits per heavy atom. The van der Waals surface area contributed by atoms with E-state index >= 15 is 0 Å². The Morgan fingerprint density at radius 3 is 2.17 bits per heavy atom. The molecule has 94 valence electrons. The normalized spacial score (nSPS) is 14.2. The Kier molecular flexibility index (Phi) is 3.64. The summed E-state index contributed by atoms with van der Waals surface area (Å²) in [5.74, 6) is -1.20. The predicted octanol–water partition coefficient (Wildman–Crippen LogP) is 3.44. The summed E-state index contributed by atoms with van der Waals surface area (Å²) < 4.78 is 26.6. The standard InChI is InChI=1S/C14H11ClF2O/c15-9-14(18,10-5-7-11(16)8-6-10)12-3-1-2-4-13(12)17/h1-8,18H,9H2. The second-order valence-electron chi connectivity index (χ2n) is 3.98. The van der Waals surface area contributed by atoms with Crippen LogP contribution in [0.2, 0.25) is 0 Å². The van der Waals surface area contributed by atoms with Crippen molar-refractivity contribution in [1.29, 1.82) is 0 Å². The summed E-state index contributed by atoms with van der Waals surface area (Å²) in [6.45, 7) is 0. The SMILES string of the molecule is OC(CCl)(c1ccc(F)cc1)c1ccccc1F. The molecule has 2 aromatic carbocycles. The predicted molar refractivity (Wildman–Crippen MR) is 66.5 cm³/mol. The molecule has 0 aromatic heterocycles. The Hall–Kier alpha value is -1.45. The van der Waals surface area contributed by atoms with Gasteiger partial charge in [-0.1, -0.05) is 30.3 Å². The van der Waals surface area contributed by atoms with E-state index in [0.29, 0.717) is 5.56 Å². The topological polar surface area (TPSA) is 20.2 Å². The van der Waals surface area contributed by atoms with Crippen LogP contribution in [0.1, 0.15) is 11.1 Å². The molecule has 1 unspecified atom stereocenters. The number of alkyl halides is 1. The zero-order valence-electron chi connectivity index (χ0n) is 9.41. The third kappa shape index (κ3) is 2.24. The summed E-state index contributed by atoms with van der Waals surface area (Å²) in [4.78, 5) is 0. The van der Waals surface area contributed by atoms with Crippen molar-refractivity contribution < 1.29 is 13.9 Å². The van der Waals surface area contributed by atoms with Gasteiger partial charge in [-0.25, -0.2) is 8.78 Å². The van der Waals surface area contributed by atoms with Crippen molar-refractivity contribution in [3.05, 3.63) is 71.3 Å². The maximum Gasteiger partial charge on any atom is 0.131 e. The van der Waals surface area contributed by atoms with Crippen LogP contribution in [0.15, 0.2) is 48.5 Å². The molecule has 0 saturated heterocycles. The van der Waals surface area contributed by atoms with E-state index in [4.69, 9.17) is 11.6 Å². The van der Waals surface area contributed by atoms with Crippen molar-refractivity contribution in [2.24, 2.45) is 0 Å². The highest BCUT2D eigenvalue weighted by molar-refractivity contribution is 6.18. The van der Waals surface area contributed by atoms with Crippen molar-refractivity contribution in [3.63, 3.8) is 0 Å². The lowest BCUT2D eigenvalue weighted by Crippen LogP contribution is -2.30. The summed E-state index contributed by atoms with van der Waals surface area (Å²) in [5, 5.41) is 10.5. The monoisotopic (exact) mass is 268 g/mol. The van der Waals surface area contributed by atoms with Crippen molar-refractivity contribution in [2.75, 3.05) is 5.88 Å².